The number of phenolic OH excluding ortho intramolecular Hbond substituents is 1. The van der Waals surface area contributed by atoms with E-state index in [1.54, 1.807) is 98.8 Å². The summed E-state index contributed by atoms with van der Waals surface area (Å²) >= 11 is 2.17. The fraction of sp³-hybridized carbons (Fsp3) is 0.125. The Hall–Kier alpha value is -6.38. The normalized spacial score (nSPS) is 11.5. The molecule has 1 atom stereocenters. The average molecular weight is 765 g/mol. The molecule has 0 saturated heterocycles. The van der Waals surface area contributed by atoms with Gasteiger partial charge in [-0.3, -0.25) is 19.2 Å². The standard InChI is InChI=1S/C40H36N4O8S2/c1-23-33(40(50)52-4)39(54-34(23)38(49)41-27-14-9-6-10-15-27)44-35(46)24(2)53-30-17-11-16-28(21-30)42-37(48)31(43-36(47)25-12-7-5-8-13-25)20-26-18-19-29(45)22-32(26)51-3/h5-22,24,45H,1-4H3,(H,41,49)(H,42,48)(H,43,47)(H,44,46)/b31-20+. The minimum absolute atomic E-state index is 0.0362. The number of ether oxygens (including phenoxy) is 2. The molecule has 0 spiro atoms. The van der Waals surface area contributed by atoms with Gasteiger partial charge < -0.3 is 35.8 Å². The van der Waals surface area contributed by atoms with Gasteiger partial charge in [-0.25, -0.2) is 4.79 Å². The van der Waals surface area contributed by atoms with Gasteiger partial charge in [-0.1, -0.05) is 42.5 Å². The minimum atomic E-state index is -0.696. The molecule has 12 nitrogen and oxygen atoms in total. The van der Waals surface area contributed by atoms with Crippen LogP contribution in [0.3, 0.4) is 0 Å². The van der Waals surface area contributed by atoms with Crippen molar-refractivity contribution in [2.45, 2.75) is 24.0 Å². The lowest BCUT2D eigenvalue weighted by atomic mass is 10.1. The summed E-state index contributed by atoms with van der Waals surface area (Å²) in [5, 5.41) is 20.5. The molecular weight excluding hydrogens is 729 g/mol. The topological polar surface area (TPSA) is 172 Å². The largest absolute Gasteiger partial charge is 0.508 e. The van der Waals surface area contributed by atoms with E-state index in [1.807, 2.05) is 6.07 Å². The number of rotatable bonds is 13. The fourth-order valence-electron chi connectivity index (χ4n) is 5.11. The van der Waals surface area contributed by atoms with Crippen LogP contribution >= 0.6 is 23.1 Å². The van der Waals surface area contributed by atoms with Crippen molar-refractivity contribution < 1.29 is 38.6 Å². The molecule has 0 saturated carbocycles. The second-order valence-electron chi connectivity index (χ2n) is 11.6. The Kier molecular flexibility index (Phi) is 12.9. The summed E-state index contributed by atoms with van der Waals surface area (Å²) in [4.78, 5) is 67.0. The number of hydrogen-bond acceptors (Lipinski definition) is 10. The van der Waals surface area contributed by atoms with Crippen LogP contribution in [0.1, 0.15) is 48.4 Å². The van der Waals surface area contributed by atoms with Crippen molar-refractivity contribution in [3.05, 3.63) is 136 Å². The van der Waals surface area contributed by atoms with Crippen molar-refractivity contribution in [2.75, 3.05) is 30.2 Å². The van der Waals surface area contributed by atoms with E-state index in [0.29, 0.717) is 33.0 Å². The van der Waals surface area contributed by atoms with Gasteiger partial charge in [0.2, 0.25) is 5.91 Å². The van der Waals surface area contributed by atoms with Crippen molar-refractivity contribution in [2.24, 2.45) is 0 Å². The first-order valence-corrected chi connectivity index (χ1v) is 18.1. The molecule has 5 rings (SSSR count). The molecule has 1 aromatic heterocycles. The molecule has 0 fully saturated rings. The zero-order chi connectivity index (χ0) is 38.8. The summed E-state index contributed by atoms with van der Waals surface area (Å²) in [7, 11) is 2.64. The third-order valence-corrected chi connectivity index (χ3v) is 10.1. The van der Waals surface area contributed by atoms with E-state index >= 15 is 0 Å². The van der Waals surface area contributed by atoms with Crippen LogP contribution in [0.15, 0.2) is 114 Å². The predicted octanol–water partition coefficient (Wildman–Crippen LogP) is 7.34. The number of para-hydroxylation sites is 1. The number of thiophene rings is 1. The highest BCUT2D eigenvalue weighted by Crippen LogP contribution is 2.35. The van der Waals surface area contributed by atoms with Gasteiger partial charge in [0.05, 0.1) is 29.9 Å². The van der Waals surface area contributed by atoms with E-state index in [1.165, 1.54) is 44.2 Å². The smallest absolute Gasteiger partial charge is 0.341 e. The van der Waals surface area contributed by atoms with Crippen LogP contribution in [0, 0.1) is 6.92 Å². The summed E-state index contributed by atoms with van der Waals surface area (Å²) in [6.07, 6.45) is 1.44. The predicted molar refractivity (Wildman–Crippen MR) is 210 cm³/mol. The van der Waals surface area contributed by atoms with Crippen LogP contribution in [0.5, 0.6) is 11.5 Å². The van der Waals surface area contributed by atoms with Crippen molar-refractivity contribution in [1.82, 2.24) is 5.32 Å². The van der Waals surface area contributed by atoms with Gasteiger partial charge in [0.1, 0.15) is 22.2 Å². The van der Waals surface area contributed by atoms with Crippen LogP contribution < -0.4 is 26.0 Å². The second-order valence-corrected chi connectivity index (χ2v) is 14.0. The Balaban J connectivity index is 1.32. The Morgan fingerprint density at radius 1 is 0.796 bits per heavy atom. The van der Waals surface area contributed by atoms with Gasteiger partial charge in [0, 0.05) is 33.5 Å². The molecule has 1 heterocycles. The summed E-state index contributed by atoms with van der Waals surface area (Å²) in [5.41, 5.74) is 2.08. The number of hydrogen-bond donors (Lipinski definition) is 5. The van der Waals surface area contributed by atoms with Gasteiger partial charge in [-0.15, -0.1) is 23.1 Å². The lowest BCUT2D eigenvalue weighted by molar-refractivity contribution is -0.115. The van der Waals surface area contributed by atoms with E-state index in [4.69, 9.17) is 9.47 Å². The number of aromatic hydroxyl groups is 1. The summed E-state index contributed by atoms with van der Waals surface area (Å²) in [6, 6.07) is 28.4. The number of carbonyl (C=O) groups is 5. The number of nitrogens with one attached hydrogen (secondary N) is 4. The number of anilines is 3. The number of carbonyl (C=O) groups excluding carboxylic acids is 5. The quantitative estimate of drug-likeness (QED) is 0.0467. The third kappa shape index (κ3) is 9.73. The van der Waals surface area contributed by atoms with Crippen molar-refractivity contribution >= 4 is 75.1 Å². The van der Waals surface area contributed by atoms with E-state index in [0.717, 1.165) is 11.3 Å². The molecule has 0 aliphatic rings. The van der Waals surface area contributed by atoms with Gasteiger partial charge in [0.15, 0.2) is 0 Å². The molecule has 0 aliphatic heterocycles. The number of phenols is 1. The van der Waals surface area contributed by atoms with Crippen LogP contribution in [0.4, 0.5) is 16.4 Å². The molecule has 0 bridgehead atoms. The van der Waals surface area contributed by atoms with E-state index in [2.05, 4.69) is 21.3 Å². The molecule has 1 unspecified atom stereocenters. The van der Waals surface area contributed by atoms with Gasteiger partial charge in [-0.05, 0) is 80.1 Å². The first kappa shape index (κ1) is 38.8. The number of esters is 1. The monoisotopic (exact) mass is 764 g/mol. The Labute approximate surface area is 319 Å². The molecule has 0 radical (unpaired) electrons. The van der Waals surface area contributed by atoms with Crippen LogP contribution in [-0.4, -0.2) is 54.2 Å². The average Bonchev–Trinajstić information content (AvgIpc) is 3.50. The highest BCUT2D eigenvalue weighted by Gasteiger charge is 2.28. The van der Waals surface area contributed by atoms with Crippen molar-refractivity contribution in [1.29, 1.82) is 0 Å². The third-order valence-electron chi connectivity index (χ3n) is 7.83. The van der Waals surface area contributed by atoms with E-state index in [9.17, 15) is 29.1 Å². The SMILES string of the molecule is COC(=O)c1c(NC(=O)C(C)Sc2cccc(NC(=O)/C(=C\c3ccc(O)cc3OC)NC(=O)c3ccccc3)c2)sc(C(=O)Nc2ccccc2)c1C. The van der Waals surface area contributed by atoms with Crippen LogP contribution in [0.25, 0.3) is 6.08 Å². The van der Waals surface area contributed by atoms with E-state index < -0.39 is 34.8 Å². The number of benzene rings is 4. The zero-order valence-corrected chi connectivity index (χ0v) is 31.2. The highest BCUT2D eigenvalue weighted by molar-refractivity contribution is 8.00. The molecule has 0 aliphatic carbocycles. The Bertz CT molecular complexity index is 2220. The number of thioether (sulfide) groups is 1. The van der Waals surface area contributed by atoms with Crippen molar-refractivity contribution in [3.8, 4) is 11.5 Å². The minimum Gasteiger partial charge on any atom is -0.508 e. The Morgan fingerprint density at radius 2 is 1.48 bits per heavy atom. The highest BCUT2D eigenvalue weighted by atomic mass is 32.2. The zero-order valence-electron chi connectivity index (χ0n) is 29.6. The molecule has 4 amide bonds. The summed E-state index contributed by atoms with van der Waals surface area (Å²) in [5.74, 6) is -2.48. The lowest BCUT2D eigenvalue weighted by Gasteiger charge is -2.14. The number of methoxy groups -OCH3 is 2. The molecule has 14 heteroatoms. The first-order valence-electron chi connectivity index (χ1n) is 16.4. The maximum atomic E-state index is 13.7. The fourth-order valence-corrected chi connectivity index (χ4v) is 7.13. The molecule has 4 aromatic carbocycles. The lowest BCUT2D eigenvalue weighted by Crippen LogP contribution is -2.30. The maximum absolute atomic E-state index is 13.7. The van der Waals surface area contributed by atoms with Gasteiger partial charge in [0.25, 0.3) is 17.7 Å². The molecular formula is C40H36N4O8S2. The van der Waals surface area contributed by atoms with Crippen molar-refractivity contribution in [3.63, 3.8) is 0 Å². The van der Waals surface area contributed by atoms with Crippen LogP contribution in [0.2, 0.25) is 0 Å². The molecule has 54 heavy (non-hydrogen) atoms. The second kappa shape index (κ2) is 17.9. The number of amides is 4. The molecule has 276 valence electrons. The summed E-state index contributed by atoms with van der Waals surface area (Å²) < 4.78 is 10.3. The Morgan fingerprint density at radius 3 is 2.17 bits per heavy atom. The molecule has 5 aromatic rings. The summed E-state index contributed by atoms with van der Waals surface area (Å²) in [6.45, 7) is 3.29. The maximum Gasteiger partial charge on any atom is 0.341 e. The van der Waals surface area contributed by atoms with Gasteiger partial charge >= 0.3 is 5.97 Å². The van der Waals surface area contributed by atoms with Crippen LogP contribution in [-0.2, 0) is 14.3 Å². The van der Waals surface area contributed by atoms with E-state index in [-0.39, 0.29) is 32.6 Å². The first-order chi connectivity index (χ1) is 26.0. The molecule has 5 N–H and O–H groups in total. The van der Waals surface area contributed by atoms with Gasteiger partial charge in [-0.2, -0.15) is 0 Å².